The maximum Gasteiger partial charge on any atom is 0.257 e. The molecule has 3 heterocycles. The highest BCUT2D eigenvalue weighted by Crippen LogP contribution is 2.19. The Labute approximate surface area is 134 Å². The molecule has 7 nitrogen and oxygen atoms in total. The SMILES string of the molecule is Cc1cc(C(=O)N2CCN(C(=O)C3CNC(=O)C3)CC2)c(C)o1. The normalized spacial score (nSPS) is 21.5. The van der Waals surface area contributed by atoms with E-state index in [1.54, 1.807) is 22.8 Å². The average molecular weight is 319 g/mol. The highest BCUT2D eigenvalue weighted by Gasteiger charge is 2.33. The summed E-state index contributed by atoms with van der Waals surface area (Å²) < 4.78 is 5.41. The first-order valence-electron chi connectivity index (χ1n) is 7.87. The lowest BCUT2D eigenvalue weighted by Gasteiger charge is -2.35. The molecule has 3 amide bonds. The number of carbonyl (C=O) groups excluding carboxylic acids is 3. The van der Waals surface area contributed by atoms with Gasteiger partial charge >= 0.3 is 0 Å². The van der Waals surface area contributed by atoms with Gasteiger partial charge in [0.25, 0.3) is 5.91 Å². The van der Waals surface area contributed by atoms with Crippen LogP contribution in [0, 0.1) is 19.8 Å². The van der Waals surface area contributed by atoms with Crippen molar-refractivity contribution in [2.24, 2.45) is 5.92 Å². The van der Waals surface area contributed by atoms with E-state index in [4.69, 9.17) is 4.42 Å². The summed E-state index contributed by atoms with van der Waals surface area (Å²) in [6.45, 7) is 6.03. The number of nitrogens with zero attached hydrogens (tertiary/aromatic N) is 2. The monoisotopic (exact) mass is 319 g/mol. The molecular weight excluding hydrogens is 298 g/mol. The van der Waals surface area contributed by atoms with Crippen LogP contribution in [0.4, 0.5) is 0 Å². The summed E-state index contributed by atoms with van der Waals surface area (Å²) in [7, 11) is 0. The van der Waals surface area contributed by atoms with Gasteiger partial charge in [0.05, 0.1) is 11.5 Å². The van der Waals surface area contributed by atoms with Crippen LogP contribution in [-0.4, -0.2) is 60.2 Å². The molecule has 3 rings (SSSR count). The molecule has 0 bridgehead atoms. The molecule has 1 aromatic rings. The first kappa shape index (κ1) is 15.6. The van der Waals surface area contributed by atoms with Crippen molar-refractivity contribution in [2.45, 2.75) is 20.3 Å². The number of hydrogen-bond acceptors (Lipinski definition) is 4. The second-order valence-electron chi connectivity index (χ2n) is 6.15. The summed E-state index contributed by atoms with van der Waals surface area (Å²) in [4.78, 5) is 39.6. The smallest absolute Gasteiger partial charge is 0.257 e. The zero-order chi connectivity index (χ0) is 16.6. The van der Waals surface area contributed by atoms with E-state index in [2.05, 4.69) is 5.32 Å². The number of piperazine rings is 1. The van der Waals surface area contributed by atoms with E-state index >= 15 is 0 Å². The molecule has 7 heteroatoms. The lowest BCUT2D eigenvalue weighted by atomic mass is 10.1. The minimum atomic E-state index is -0.261. The fraction of sp³-hybridized carbons (Fsp3) is 0.562. The summed E-state index contributed by atoms with van der Waals surface area (Å²) in [5.74, 6) is 0.973. The number of carbonyl (C=O) groups is 3. The van der Waals surface area contributed by atoms with Gasteiger partial charge in [0.1, 0.15) is 11.5 Å². The van der Waals surface area contributed by atoms with Gasteiger partial charge in [-0.15, -0.1) is 0 Å². The summed E-state index contributed by atoms with van der Waals surface area (Å²) in [5, 5.41) is 2.69. The van der Waals surface area contributed by atoms with Crippen molar-refractivity contribution in [3.63, 3.8) is 0 Å². The van der Waals surface area contributed by atoms with Crippen LogP contribution in [0.2, 0.25) is 0 Å². The van der Waals surface area contributed by atoms with Gasteiger partial charge in [-0.05, 0) is 19.9 Å². The second-order valence-corrected chi connectivity index (χ2v) is 6.15. The molecule has 1 N–H and O–H groups in total. The number of nitrogens with one attached hydrogen (secondary N) is 1. The van der Waals surface area contributed by atoms with Crippen molar-refractivity contribution in [2.75, 3.05) is 32.7 Å². The van der Waals surface area contributed by atoms with Crippen LogP contribution in [0.1, 0.15) is 28.3 Å². The van der Waals surface area contributed by atoms with Crippen LogP contribution in [0.25, 0.3) is 0 Å². The predicted molar refractivity (Wildman–Crippen MR) is 81.8 cm³/mol. The largest absolute Gasteiger partial charge is 0.466 e. The third-order valence-electron chi connectivity index (χ3n) is 4.48. The van der Waals surface area contributed by atoms with Crippen LogP contribution < -0.4 is 5.32 Å². The van der Waals surface area contributed by atoms with Crippen molar-refractivity contribution in [1.29, 1.82) is 0 Å². The Morgan fingerprint density at radius 3 is 2.35 bits per heavy atom. The van der Waals surface area contributed by atoms with Crippen molar-refractivity contribution in [3.05, 3.63) is 23.2 Å². The minimum Gasteiger partial charge on any atom is -0.466 e. The van der Waals surface area contributed by atoms with Crippen LogP contribution >= 0.6 is 0 Å². The number of rotatable bonds is 2. The standard InChI is InChI=1S/C16H21N3O4/c1-10-7-13(11(2)23-10)16(22)19-5-3-18(4-6-19)15(21)12-8-14(20)17-9-12/h7,12H,3-6,8-9H2,1-2H3,(H,17,20). The lowest BCUT2D eigenvalue weighted by molar-refractivity contribution is -0.137. The number of furan rings is 1. The molecule has 2 aliphatic rings. The molecular formula is C16H21N3O4. The first-order valence-corrected chi connectivity index (χ1v) is 7.87. The molecule has 0 saturated carbocycles. The van der Waals surface area contributed by atoms with Crippen molar-refractivity contribution >= 4 is 17.7 Å². The van der Waals surface area contributed by atoms with Gasteiger partial charge in [-0.1, -0.05) is 0 Å². The Kier molecular flexibility index (Phi) is 4.11. The molecule has 124 valence electrons. The van der Waals surface area contributed by atoms with E-state index < -0.39 is 0 Å². The van der Waals surface area contributed by atoms with Crippen molar-refractivity contribution in [1.82, 2.24) is 15.1 Å². The molecule has 1 unspecified atom stereocenters. The summed E-state index contributed by atoms with van der Waals surface area (Å²) >= 11 is 0. The highest BCUT2D eigenvalue weighted by molar-refractivity contribution is 5.95. The predicted octanol–water partition coefficient (Wildman–Crippen LogP) is 0.317. The minimum absolute atomic E-state index is 0.00536. The lowest BCUT2D eigenvalue weighted by Crippen LogP contribution is -2.52. The molecule has 1 aromatic heterocycles. The van der Waals surface area contributed by atoms with Gasteiger partial charge in [0, 0.05) is 39.1 Å². The molecule has 0 aliphatic carbocycles. The number of amides is 3. The molecule has 0 spiro atoms. The maximum atomic E-state index is 12.5. The molecule has 1 atom stereocenters. The van der Waals surface area contributed by atoms with Gasteiger partial charge in [-0.2, -0.15) is 0 Å². The molecule has 2 aliphatic heterocycles. The van der Waals surface area contributed by atoms with Crippen LogP contribution in [0.5, 0.6) is 0 Å². The first-order chi connectivity index (χ1) is 11.0. The quantitative estimate of drug-likeness (QED) is 0.851. The number of hydrogen-bond donors (Lipinski definition) is 1. The summed E-state index contributed by atoms with van der Waals surface area (Å²) in [5.41, 5.74) is 0.591. The van der Waals surface area contributed by atoms with Gasteiger partial charge in [-0.25, -0.2) is 0 Å². The molecule has 23 heavy (non-hydrogen) atoms. The topological polar surface area (TPSA) is 82.9 Å². The van der Waals surface area contributed by atoms with Gasteiger partial charge < -0.3 is 19.5 Å². The Hall–Kier alpha value is -2.31. The molecule has 0 aromatic carbocycles. The van der Waals surface area contributed by atoms with Gasteiger partial charge in [0.2, 0.25) is 11.8 Å². The third kappa shape index (κ3) is 3.09. The highest BCUT2D eigenvalue weighted by atomic mass is 16.3. The Morgan fingerprint density at radius 2 is 1.83 bits per heavy atom. The van der Waals surface area contributed by atoms with Crippen LogP contribution in [0.3, 0.4) is 0 Å². The summed E-state index contributed by atoms with van der Waals surface area (Å²) in [6.07, 6.45) is 0.269. The van der Waals surface area contributed by atoms with E-state index in [0.717, 1.165) is 5.76 Å². The van der Waals surface area contributed by atoms with E-state index in [0.29, 0.717) is 44.0 Å². The Balaban J connectivity index is 1.58. The molecule has 2 saturated heterocycles. The Bertz CT molecular complexity index is 644. The van der Waals surface area contributed by atoms with Crippen molar-refractivity contribution < 1.29 is 18.8 Å². The average Bonchev–Trinajstić information content (AvgIpc) is 3.11. The summed E-state index contributed by atoms with van der Waals surface area (Å²) in [6, 6.07) is 1.75. The van der Waals surface area contributed by atoms with E-state index in [9.17, 15) is 14.4 Å². The molecule has 0 radical (unpaired) electrons. The molecule has 2 fully saturated rings. The second kappa shape index (κ2) is 6.06. The zero-order valence-corrected chi connectivity index (χ0v) is 13.4. The zero-order valence-electron chi connectivity index (χ0n) is 13.4. The van der Waals surface area contributed by atoms with Gasteiger partial charge in [0.15, 0.2) is 0 Å². The van der Waals surface area contributed by atoms with E-state index in [-0.39, 0.29) is 30.1 Å². The van der Waals surface area contributed by atoms with E-state index in [1.807, 2.05) is 6.92 Å². The van der Waals surface area contributed by atoms with Crippen LogP contribution in [-0.2, 0) is 9.59 Å². The van der Waals surface area contributed by atoms with Crippen molar-refractivity contribution in [3.8, 4) is 0 Å². The Morgan fingerprint density at radius 1 is 1.17 bits per heavy atom. The van der Waals surface area contributed by atoms with Gasteiger partial charge in [-0.3, -0.25) is 14.4 Å². The maximum absolute atomic E-state index is 12.5. The van der Waals surface area contributed by atoms with E-state index in [1.165, 1.54) is 0 Å². The number of aryl methyl sites for hydroxylation is 2. The fourth-order valence-corrected chi connectivity index (χ4v) is 3.18. The fourth-order valence-electron chi connectivity index (χ4n) is 3.18. The third-order valence-corrected chi connectivity index (χ3v) is 4.48. The van der Waals surface area contributed by atoms with Crippen LogP contribution in [0.15, 0.2) is 10.5 Å².